The van der Waals surface area contributed by atoms with E-state index < -0.39 is 33.5 Å². The third-order valence-electron chi connectivity index (χ3n) is 8.76. The molecule has 0 aromatic carbocycles. The van der Waals surface area contributed by atoms with Crippen LogP contribution in [0.5, 0.6) is 0 Å². The Morgan fingerprint density at radius 2 is 1.17 bits per heavy atom. The molecule has 0 saturated carbocycles. The molecule has 1 N–H and O–H groups in total. The molecule has 36 heavy (non-hydrogen) atoms. The van der Waals surface area contributed by atoms with E-state index in [0.717, 1.165) is 0 Å². The maximum absolute atomic E-state index is 13.9. The number of carbonyl (C=O) groups is 4. The molecule has 0 aromatic rings. The van der Waals surface area contributed by atoms with Crippen LogP contribution in [0.3, 0.4) is 0 Å². The van der Waals surface area contributed by atoms with Gasteiger partial charge in [0.15, 0.2) is 23.1 Å². The Kier molecular flexibility index (Phi) is 6.60. The van der Waals surface area contributed by atoms with E-state index in [4.69, 9.17) is 4.74 Å². The lowest BCUT2D eigenvalue weighted by Crippen LogP contribution is -2.58. The minimum atomic E-state index is -1.34. The van der Waals surface area contributed by atoms with Crippen molar-refractivity contribution in [2.45, 2.75) is 95.6 Å². The average molecular weight is 501 g/mol. The molecule has 6 nitrogen and oxygen atoms in total. The number of ketones is 4. The summed E-state index contributed by atoms with van der Waals surface area (Å²) in [6, 6.07) is 0. The number of allylic oxidation sites excluding steroid dienone is 3. The Bertz CT molecular complexity index is 1090. The van der Waals surface area contributed by atoms with Crippen LogP contribution in [0.1, 0.15) is 89.5 Å². The van der Waals surface area contributed by atoms with Gasteiger partial charge in [0, 0.05) is 11.5 Å². The molecule has 0 radical (unpaired) electrons. The van der Waals surface area contributed by atoms with Crippen molar-refractivity contribution in [2.24, 2.45) is 45.3 Å². The maximum Gasteiger partial charge on any atom is 0.178 e. The van der Waals surface area contributed by atoms with E-state index in [2.05, 4.69) is 13.8 Å². The average Bonchev–Trinajstić information content (AvgIpc) is 2.74. The number of carbonyl (C=O) groups excluding carboxylic acids is 4. The summed E-state index contributed by atoms with van der Waals surface area (Å²) < 4.78 is 6.62. The summed E-state index contributed by atoms with van der Waals surface area (Å²) in [5.41, 5.74) is -4.23. The van der Waals surface area contributed by atoms with Crippen LogP contribution in [0.25, 0.3) is 0 Å². The molecule has 0 fully saturated rings. The van der Waals surface area contributed by atoms with Crippen LogP contribution in [0.2, 0.25) is 0 Å². The minimum absolute atomic E-state index is 0.0126. The van der Waals surface area contributed by atoms with E-state index in [1.807, 2.05) is 13.8 Å². The quantitative estimate of drug-likeness (QED) is 0.490. The minimum Gasteiger partial charge on any atom is -0.511 e. The summed E-state index contributed by atoms with van der Waals surface area (Å²) in [6.07, 6.45) is -0.213. The van der Waals surface area contributed by atoms with Crippen LogP contribution in [0, 0.1) is 45.3 Å². The predicted molar refractivity (Wildman–Crippen MR) is 138 cm³/mol. The van der Waals surface area contributed by atoms with Gasteiger partial charge in [-0.1, -0.05) is 27.7 Å². The van der Waals surface area contributed by atoms with E-state index in [1.54, 1.807) is 55.4 Å². The molecule has 0 bridgehead atoms. The standard InChI is InChI=1S/C30H44O6/c1-14(2)13-16-17(15(3)4)20(19-22(32)28(7,8)25(34)29(9,10)23(19)33)36-24-18(16)21(31)27(5,6)26(35)30(24,11)12/h14-17,20,32H,13H2,1-12H3. The highest BCUT2D eigenvalue weighted by molar-refractivity contribution is 6.20. The highest BCUT2D eigenvalue weighted by Crippen LogP contribution is 2.56. The van der Waals surface area contributed by atoms with Crippen molar-refractivity contribution in [3.05, 3.63) is 22.7 Å². The zero-order valence-corrected chi connectivity index (χ0v) is 24.1. The summed E-state index contributed by atoms with van der Waals surface area (Å²) in [5, 5.41) is 11.4. The summed E-state index contributed by atoms with van der Waals surface area (Å²) in [5.74, 6) is -1.57. The number of rotatable bonds is 4. The van der Waals surface area contributed by atoms with E-state index in [-0.39, 0.29) is 52.4 Å². The van der Waals surface area contributed by atoms with Crippen LogP contribution >= 0.6 is 0 Å². The third-order valence-corrected chi connectivity index (χ3v) is 8.76. The lowest BCUT2D eigenvalue weighted by Gasteiger charge is -2.52. The fourth-order valence-corrected chi connectivity index (χ4v) is 6.81. The van der Waals surface area contributed by atoms with E-state index >= 15 is 0 Å². The Morgan fingerprint density at radius 1 is 0.722 bits per heavy atom. The Balaban J connectivity index is 2.40. The van der Waals surface area contributed by atoms with Crippen LogP contribution in [0.4, 0.5) is 0 Å². The second-order valence-corrected chi connectivity index (χ2v) is 13.9. The van der Waals surface area contributed by atoms with Gasteiger partial charge in [-0.2, -0.15) is 0 Å². The molecular weight excluding hydrogens is 456 g/mol. The number of Topliss-reactive ketones (excluding diaryl/α,β-unsaturated/α-hetero) is 4. The fraction of sp³-hybridized carbons (Fsp3) is 0.733. The highest BCUT2D eigenvalue weighted by Gasteiger charge is 2.62. The molecular formula is C30H44O6. The SMILES string of the molecule is CC(C)CC1C2=C(OC(C3=C(O)C(C)(C)C(=O)C(C)(C)C3=O)C1C(C)C)C(C)(C)C(=O)C(C)(C)C2=O. The first-order chi connectivity index (χ1) is 16.1. The summed E-state index contributed by atoms with van der Waals surface area (Å²) in [4.78, 5) is 54.4. The zero-order valence-electron chi connectivity index (χ0n) is 24.1. The Morgan fingerprint density at radius 3 is 1.61 bits per heavy atom. The predicted octanol–water partition coefficient (Wildman–Crippen LogP) is 5.79. The normalized spacial score (nSPS) is 31.2. The largest absolute Gasteiger partial charge is 0.511 e. The molecule has 3 unspecified atom stereocenters. The molecule has 0 spiro atoms. The summed E-state index contributed by atoms with van der Waals surface area (Å²) in [7, 11) is 0. The van der Waals surface area contributed by atoms with Crippen molar-refractivity contribution in [3.63, 3.8) is 0 Å². The molecule has 6 heteroatoms. The molecule has 3 aliphatic rings. The molecule has 2 aliphatic carbocycles. The maximum atomic E-state index is 13.9. The number of hydrogen-bond donors (Lipinski definition) is 1. The van der Waals surface area contributed by atoms with E-state index in [1.165, 1.54) is 0 Å². The van der Waals surface area contributed by atoms with E-state index in [0.29, 0.717) is 17.8 Å². The molecule has 0 amide bonds. The van der Waals surface area contributed by atoms with Gasteiger partial charge in [0.1, 0.15) is 17.6 Å². The lowest BCUT2D eigenvalue weighted by molar-refractivity contribution is -0.150. The van der Waals surface area contributed by atoms with Crippen molar-refractivity contribution in [3.8, 4) is 0 Å². The van der Waals surface area contributed by atoms with Crippen molar-refractivity contribution in [1.82, 2.24) is 0 Å². The van der Waals surface area contributed by atoms with E-state index in [9.17, 15) is 24.3 Å². The Hall–Kier alpha value is -2.24. The van der Waals surface area contributed by atoms with Gasteiger partial charge >= 0.3 is 0 Å². The van der Waals surface area contributed by atoms with Gasteiger partial charge in [-0.25, -0.2) is 0 Å². The summed E-state index contributed by atoms with van der Waals surface area (Å²) >= 11 is 0. The van der Waals surface area contributed by atoms with Gasteiger partial charge in [-0.3, -0.25) is 19.2 Å². The smallest absolute Gasteiger partial charge is 0.178 e. The van der Waals surface area contributed by atoms with Gasteiger partial charge < -0.3 is 9.84 Å². The monoisotopic (exact) mass is 500 g/mol. The number of aliphatic hydroxyl groups is 1. The van der Waals surface area contributed by atoms with Crippen molar-refractivity contribution < 1.29 is 29.0 Å². The zero-order chi connectivity index (χ0) is 27.9. The van der Waals surface area contributed by atoms with Crippen LogP contribution in [-0.2, 0) is 23.9 Å². The van der Waals surface area contributed by atoms with Crippen LogP contribution in [-0.4, -0.2) is 34.3 Å². The van der Waals surface area contributed by atoms with Crippen LogP contribution < -0.4 is 0 Å². The number of ether oxygens (including phenoxy) is 1. The highest BCUT2D eigenvalue weighted by atomic mass is 16.5. The molecule has 1 aliphatic heterocycles. The summed E-state index contributed by atoms with van der Waals surface area (Å²) in [6.45, 7) is 21.6. The second-order valence-electron chi connectivity index (χ2n) is 13.9. The topological polar surface area (TPSA) is 97.7 Å². The Labute approximate surface area is 215 Å². The molecule has 200 valence electrons. The van der Waals surface area contributed by atoms with Gasteiger partial charge in [-0.15, -0.1) is 0 Å². The molecule has 0 aromatic heterocycles. The lowest BCUT2D eigenvalue weighted by atomic mass is 9.55. The van der Waals surface area contributed by atoms with Gasteiger partial charge in [0.25, 0.3) is 0 Å². The van der Waals surface area contributed by atoms with Gasteiger partial charge in [0.2, 0.25) is 0 Å². The molecule has 3 atom stereocenters. The fourth-order valence-electron chi connectivity index (χ4n) is 6.81. The molecule has 3 rings (SSSR count). The van der Waals surface area contributed by atoms with Gasteiger partial charge in [0.05, 0.1) is 27.2 Å². The molecule has 0 saturated heterocycles. The second kappa shape index (κ2) is 8.39. The van der Waals surface area contributed by atoms with Crippen molar-refractivity contribution in [2.75, 3.05) is 0 Å². The first kappa shape index (κ1) is 28.3. The first-order valence-corrected chi connectivity index (χ1v) is 13.2. The van der Waals surface area contributed by atoms with Crippen molar-refractivity contribution >= 4 is 23.1 Å². The molecule has 1 heterocycles. The van der Waals surface area contributed by atoms with Gasteiger partial charge in [-0.05, 0) is 79.6 Å². The van der Waals surface area contributed by atoms with Crippen molar-refractivity contribution in [1.29, 1.82) is 0 Å². The number of aliphatic hydroxyl groups excluding tert-OH is 1. The van der Waals surface area contributed by atoms with Crippen LogP contribution in [0.15, 0.2) is 22.7 Å². The number of hydrogen-bond acceptors (Lipinski definition) is 6. The first-order valence-electron chi connectivity index (χ1n) is 13.2. The third kappa shape index (κ3) is 3.73.